The van der Waals surface area contributed by atoms with Crippen LogP contribution in [-0.4, -0.2) is 50.9 Å². The minimum absolute atomic E-state index is 0.00715. The van der Waals surface area contributed by atoms with E-state index in [9.17, 15) is 18.0 Å². The van der Waals surface area contributed by atoms with Gasteiger partial charge in [-0.1, -0.05) is 60.0 Å². The van der Waals surface area contributed by atoms with Gasteiger partial charge in [-0.2, -0.15) is 0 Å². The van der Waals surface area contributed by atoms with Gasteiger partial charge in [0.05, 0.1) is 17.7 Å². The summed E-state index contributed by atoms with van der Waals surface area (Å²) in [6.45, 7) is 8.33. The molecule has 0 heterocycles. The fourth-order valence-corrected chi connectivity index (χ4v) is 6.18. The maximum atomic E-state index is 14.2. The lowest BCUT2D eigenvalue weighted by Gasteiger charge is -2.33. The van der Waals surface area contributed by atoms with Crippen LogP contribution in [0.3, 0.4) is 0 Å². The molecule has 0 bridgehead atoms. The van der Waals surface area contributed by atoms with Crippen molar-refractivity contribution < 1.29 is 22.7 Å². The van der Waals surface area contributed by atoms with Gasteiger partial charge in [0.25, 0.3) is 10.0 Å². The molecule has 2 amide bonds. The van der Waals surface area contributed by atoms with Crippen LogP contribution in [-0.2, 0) is 26.2 Å². The SMILES string of the molecule is CCC(C)NC(=O)C(C)N(Cc1c(Cl)cccc1Cl)C(=O)CN(c1cc(C)ccc1OC)S(=O)(=O)c1ccc(C)cc1. The van der Waals surface area contributed by atoms with Gasteiger partial charge in [0, 0.05) is 28.2 Å². The number of hydrogen-bond donors (Lipinski definition) is 1. The topological polar surface area (TPSA) is 96.0 Å². The number of anilines is 1. The second-order valence-corrected chi connectivity index (χ2v) is 12.9. The molecule has 2 atom stereocenters. The Bertz CT molecular complexity index is 1510. The Labute approximate surface area is 258 Å². The summed E-state index contributed by atoms with van der Waals surface area (Å²) in [4.78, 5) is 28.7. The van der Waals surface area contributed by atoms with E-state index in [0.29, 0.717) is 22.0 Å². The molecule has 0 fully saturated rings. The van der Waals surface area contributed by atoms with Gasteiger partial charge in [-0.25, -0.2) is 8.42 Å². The van der Waals surface area contributed by atoms with E-state index >= 15 is 0 Å². The van der Waals surface area contributed by atoms with Crippen molar-refractivity contribution in [2.24, 2.45) is 0 Å². The summed E-state index contributed by atoms with van der Waals surface area (Å²) in [6.07, 6.45) is 0.693. The number of carbonyl (C=O) groups is 2. The van der Waals surface area contributed by atoms with Gasteiger partial charge in [-0.3, -0.25) is 13.9 Å². The number of sulfonamides is 1. The molecule has 2 unspecified atom stereocenters. The maximum Gasteiger partial charge on any atom is 0.264 e. The number of aryl methyl sites for hydroxylation is 2. The van der Waals surface area contributed by atoms with Crippen LogP contribution in [0.2, 0.25) is 10.0 Å². The number of benzene rings is 3. The van der Waals surface area contributed by atoms with E-state index in [0.717, 1.165) is 15.4 Å². The number of methoxy groups -OCH3 is 1. The Morgan fingerprint density at radius 2 is 1.55 bits per heavy atom. The number of nitrogens with zero attached hydrogens (tertiary/aromatic N) is 2. The molecule has 0 radical (unpaired) electrons. The number of ether oxygens (including phenoxy) is 1. The standard InChI is InChI=1S/C31H37Cl2N3O5S/c1-7-22(4)34-31(38)23(5)35(18-25-26(32)9-8-10-27(25)33)30(37)19-36(28-17-21(3)13-16-29(28)41-6)42(39,40)24-14-11-20(2)12-15-24/h8-17,22-23H,7,18-19H2,1-6H3,(H,34,38). The molecule has 3 aromatic carbocycles. The lowest BCUT2D eigenvalue weighted by atomic mass is 10.1. The smallest absolute Gasteiger partial charge is 0.264 e. The zero-order valence-corrected chi connectivity index (χ0v) is 27.0. The van der Waals surface area contributed by atoms with Gasteiger partial charge in [0.2, 0.25) is 11.8 Å². The van der Waals surface area contributed by atoms with E-state index < -0.39 is 28.5 Å². The van der Waals surface area contributed by atoms with Crippen LogP contribution >= 0.6 is 23.2 Å². The Hall–Kier alpha value is -3.27. The molecule has 0 saturated heterocycles. The van der Waals surface area contributed by atoms with E-state index in [4.69, 9.17) is 27.9 Å². The van der Waals surface area contributed by atoms with Crippen molar-refractivity contribution in [1.29, 1.82) is 0 Å². The van der Waals surface area contributed by atoms with Crippen molar-refractivity contribution in [2.45, 2.75) is 64.6 Å². The minimum Gasteiger partial charge on any atom is -0.495 e. The van der Waals surface area contributed by atoms with Crippen LogP contribution in [0.25, 0.3) is 0 Å². The van der Waals surface area contributed by atoms with Gasteiger partial charge < -0.3 is 15.0 Å². The number of amides is 2. The van der Waals surface area contributed by atoms with Gasteiger partial charge in [0.1, 0.15) is 18.3 Å². The maximum absolute atomic E-state index is 14.2. The average Bonchev–Trinajstić information content (AvgIpc) is 2.95. The third-order valence-electron chi connectivity index (χ3n) is 7.05. The lowest BCUT2D eigenvalue weighted by molar-refractivity contribution is -0.139. The highest BCUT2D eigenvalue weighted by Gasteiger charge is 2.34. The molecule has 0 aromatic heterocycles. The summed E-state index contributed by atoms with van der Waals surface area (Å²) >= 11 is 12.9. The first-order chi connectivity index (χ1) is 19.8. The molecule has 0 saturated carbocycles. The van der Waals surface area contributed by atoms with Crippen molar-refractivity contribution in [3.05, 3.63) is 87.4 Å². The summed E-state index contributed by atoms with van der Waals surface area (Å²) in [5, 5.41) is 3.54. The van der Waals surface area contributed by atoms with Gasteiger partial charge in [-0.05, 0) is 76.1 Å². The first-order valence-corrected chi connectivity index (χ1v) is 15.8. The molecule has 1 N–H and O–H groups in total. The Kier molecular flexibility index (Phi) is 11.3. The molecular formula is C31H37Cl2N3O5S. The van der Waals surface area contributed by atoms with Crippen LogP contribution in [0, 0.1) is 13.8 Å². The van der Waals surface area contributed by atoms with Crippen molar-refractivity contribution in [2.75, 3.05) is 18.0 Å². The predicted molar refractivity (Wildman–Crippen MR) is 168 cm³/mol. The van der Waals surface area contributed by atoms with E-state index in [1.165, 1.54) is 24.1 Å². The molecule has 42 heavy (non-hydrogen) atoms. The van der Waals surface area contributed by atoms with Crippen molar-refractivity contribution >= 4 is 50.7 Å². The highest BCUT2D eigenvalue weighted by Crippen LogP contribution is 2.34. The highest BCUT2D eigenvalue weighted by molar-refractivity contribution is 7.92. The molecule has 3 aromatic rings. The third-order valence-corrected chi connectivity index (χ3v) is 9.53. The van der Waals surface area contributed by atoms with E-state index in [1.54, 1.807) is 55.5 Å². The zero-order chi connectivity index (χ0) is 31.2. The second kappa shape index (κ2) is 14.3. The Morgan fingerprint density at radius 3 is 2.12 bits per heavy atom. The van der Waals surface area contributed by atoms with Crippen molar-refractivity contribution in [3.8, 4) is 5.75 Å². The van der Waals surface area contributed by atoms with E-state index in [2.05, 4.69) is 5.32 Å². The quantitative estimate of drug-likeness (QED) is 0.258. The molecule has 0 aliphatic carbocycles. The normalized spacial score (nSPS) is 12.8. The largest absolute Gasteiger partial charge is 0.495 e. The lowest BCUT2D eigenvalue weighted by Crippen LogP contribution is -2.52. The number of rotatable bonds is 12. The summed E-state index contributed by atoms with van der Waals surface area (Å²) in [6, 6.07) is 15.3. The van der Waals surface area contributed by atoms with Crippen LogP contribution in [0.15, 0.2) is 65.6 Å². The fourth-order valence-electron chi connectivity index (χ4n) is 4.25. The van der Waals surface area contributed by atoms with Crippen LogP contribution in [0.5, 0.6) is 5.75 Å². The molecule has 3 rings (SSSR count). The minimum atomic E-state index is -4.25. The van der Waals surface area contributed by atoms with Gasteiger partial charge in [0.15, 0.2) is 0 Å². The Balaban J connectivity index is 2.13. The number of nitrogens with one attached hydrogen (secondary N) is 1. The summed E-state index contributed by atoms with van der Waals surface area (Å²) in [7, 11) is -2.82. The predicted octanol–water partition coefficient (Wildman–Crippen LogP) is 6.15. The van der Waals surface area contributed by atoms with E-state index in [-0.39, 0.29) is 34.8 Å². The average molecular weight is 635 g/mol. The van der Waals surface area contributed by atoms with Crippen LogP contribution < -0.4 is 14.4 Å². The molecule has 11 heteroatoms. The summed E-state index contributed by atoms with van der Waals surface area (Å²) in [5.74, 6) is -0.744. The van der Waals surface area contributed by atoms with Crippen LogP contribution in [0.1, 0.15) is 43.9 Å². The zero-order valence-electron chi connectivity index (χ0n) is 24.6. The second-order valence-electron chi connectivity index (χ2n) is 10.2. The van der Waals surface area contributed by atoms with Gasteiger partial charge in [-0.15, -0.1) is 0 Å². The summed E-state index contributed by atoms with van der Waals surface area (Å²) in [5.41, 5.74) is 2.29. The summed E-state index contributed by atoms with van der Waals surface area (Å²) < 4.78 is 34.8. The van der Waals surface area contributed by atoms with Crippen LogP contribution in [0.4, 0.5) is 5.69 Å². The van der Waals surface area contributed by atoms with Crippen molar-refractivity contribution in [1.82, 2.24) is 10.2 Å². The number of carbonyl (C=O) groups excluding carboxylic acids is 2. The molecule has 0 aliphatic rings. The number of hydrogen-bond acceptors (Lipinski definition) is 5. The van der Waals surface area contributed by atoms with Crippen molar-refractivity contribution in [3.63, 3.8) is 0 Å². The molecular weight excluding hydrogens is 597 g/mol. The third kappa shape index (κ3) is 7.76. The molecule has 226 valence electrons. The monoisotopic (exact) mass is 633 g/mol. The fraction of sp³-hybridized carbons (Fsp3) is 0.355. The molecule has 8 nitrogen and oxygen atoms in total. The number of halogens is 2. The highest BCUT2D eigenvalue weighted by atomic mass is 35.5. The first kappa shape index (κ1) is 33.2. The van der Waals surface area contributed by atoms with Gasteiger partial charge >= 0.3 is 0 Å². The first-order valence-electron chi connectivity index (χ1n) is 13.6. The molecule has 0 aliphatic heterocycles. The molecule has 0 spiro atoms. The van der Waals surface area contributed by atoms with E-state index in [1.807, 2.05) is 27.7 Å². The Morgan fingerprint density at radius 1 is 0.952 bits per heavy atom.